The van der Waals surface area contributed by atoms with Crippen LogP contribution in [0.4, 0.5) is 27.6 Å². The van der Waals surface area contributed by atoms with E-state index in [1.807, 2.05) is 0 Å². The van der Waals surface area contributed by atoms with Gasteiger partial charge in [0.15, 0.2) is 11.6 Å². The Morgan fingerprint density at radius 3 is 2.42 bits per heavy atom. The first-order valence-corrected chi connectivity index (χ1v) is 7.77. The molecule has 0 spiro atoms. The van der Waals surface area contributed by atoms with Crippen molar-refractivity contribution >= 4 is 35.0 Å². The van der Waals surface area contributed by atoms with Crippen molar-refractivity contribution in [1.82, 2.24) is 0 Å². The van der Waals surface area contributed by atoms with Crippen molar-refractivity contribution in [3.05, 3.63) is 58.6 Å². The van der Waals surface area contributed by atoms with Crippen LogP contribution in [0.2, 0.25) is 5.02 Å². The van der Waals surface area contributed by atoms with Gasteiger partial charge in [0.1, 0.15) is 0 Å². The number of hydrogen-bond donors (Lipinski definition) is 1. The lowest BCUT2D eigenvalue weighted by atomic mass is 10.2. The zero-order chi connectivity index (χ0) is 17.9. The standard InChI is InChI=1S/C15H9ClF5NOS/c16-10-3-1-8(15(19,20)21)5-13(10)22-14(23)7-24-9-2-4-11(17)12(18)6-9/h1-6H,7H2,(H,22,23). The van der Waals surface area contributed by atoms with Gasteiger partial charge in [-0.1, -0.05) is 11.6 Å². The van der Waals surface area contributed by atoms with Gasteiger partial charge in [-0.2, -0.15) is 13.2 Å². The summed E-state index contributed by atoms with van der Waals surface area (Å²) in [7, 11) is 0. The van der Waals surface area contributed by atoms with Crippen LogP contribution in [-0.2, 0) is 11.0 Å². The van der Waals surface area contributed by atoms with E-state index in [9.17, 15) is 26.7 Å². The largest absolute Gasteiger partial charge is 0.416 e. The van der Waals surface area contributed by atoms with Crippen LogP contribution >= 0.6 is 23.4 Å². The van der Waals surface area contributed by atoms with Gasteiger partial charge in [0, 0.05) is 4.90 Å². The monoisotopic (exact) mass is 381 g/mol. The van der Waals surface area contributed by atoms with E-state index < -0.39 is 29.3 Å². The quantitative estimate of drug-likeness (QED) is 0.570. The summed E-state index contributed by atoms with van der Waals surface area (Å²) in [5.74, 6) is -2.91. The lowest BCUT2D eigenvalue weighted by Crippen LogP contribution is -2.15. The maximum atomic E-state index is 13.0. The highest BCUT2D eigenvalue weighted by molar-refractivity contribution is 8.00. The molecule has 0 bridgehead atoms. The van der Waals surface area contributed by atoms with Crippen molar-refractivity contribution in [2.45, 2.75) is 11.1 Å². The number of nitrogens with one attached hydrogen (secondary N) is 1. The first-order chi connectivity index (χ1) is 11.2. The molecule has 0 heterocycles. The van der Waals surface area contributed by atoms with Crippen LogP contribution in [0, 0.1) is 11.6 Å². The molecule has 0 saturated heterocycles. The summed E-state index contributed by atoms with van der Waals surface area (Å²) >= 11 is 6.67. The third-order valence-electron chi connectivity index (χ3n) is 2.83. The summed E-state index contributed by atoms with van der Waals surface area (Å²) in [5, 5.41) is 2.21. The van der Waals surface area contributed by atoms with Crippen molar-refractivity contribution < 1.29 is 26.7 Å². The molecule has 24 heavy (non-hydrogen) atoms. The molecule has 9 heteroatoms. The molecule has 0 aromatic heterocycles. The van der Waals surface area contributed by atoms with Crippen molar-refractivity contribution in [3.63, 3.8) is 0 Å². The highest BCUT2D eigenvalue weighted by Crippen LogP contribution is 2.34. The number of alkyl halides is 3. The van der Waals surface area contributed by atoms with Gasteiger partial charge in [-0.25, -0.2) is 8.78 Å². The Morgan fingerprint density at radius 1 is 1.08 bits per heavy atom. The van der Waals surface area contributed by atoms with Gasteiger partial charge < -0.3 is 5.32 Å². The fraction of sp³-hybridized carbons (Fsp3) is 0.133. The minimum absolute atomic E-state index is 0.0471. The second-order valence-corrected chi connectivity index (χ2v) is 6.06. The average Bonchev–Trinajstić information content (AvgIpc) is 2.49. The number of amides is 1. The Hall–Kier alpha value is -1.80. The van der Waals surface area contributed by atoms with Gasteiger partial charge in [0.25, 0.3) is 0 Å². The molecule has 0 atom stereocenters. The SMILES string of the molecule is O=C(CSc1ccc(F)c(F)c1)Nc1cc(C(F)(F)F)ccc1Cl. The number of carbonyl (C=O) groups is 1. The molecule has 2 rings (SSSR count). The lowest BCUT2D eigenvalue weighted by Gasteiger charge is -2.11. The third-order valence-corrected chi connectivity index (χ3v) is 4.15. The van der Waals surface area contributed by atoms with Gasteiger partial charge in [-0.05, 0) is 36.4 Å². The molecule has 1 amide bonds. The summed E-state index contributed by atoms with van der Waals surface area (Å²) in [6.45, 7) is 0. The fourth-order valence-electron chi connectivity index (χ4n) is 1.70. The van der Waals surface area contributed by atoms with Gasteiger partial charge in [0.05, 0.1) is 22.0 Å². The van der Waals surface area contributed by atoms with E-state index in [1.54, 1.807) is 0 Å². The lowest BCUT2D eigenvalue weighted by molar-refractivity contribution is -0.137. The molecule has 2 aromatic carbocycles. The Morgan fingerprint density at radius 2 is 1.79 bits per heavy atom. The Bertz CT molecular complexity index is 766. The maximum absolute atomic E-state index is 13.0. The van der Waals surface area contributed by atoms with E-state index in [-0.39, 0.29) is 16.5 Å². The van der Waals surface area contributed by atoms with E-state index in [4.69, 9.17) is 11.6 Å². The normalized spacial score (nSPS) is 11.4. The smallest absolute Gasteiger partial charge is 0.324 e. The molecule has 0 fully saturated rings. The predicted octanol–water partition coefficient (Wildman–Crippen LogP) is 5.37. The zero-order valence-corrected chi connectivity index (χ0v) is 13.3. The summed E-state index contributed by atoms with van der Waals surface area (Å²) < 4.78 is 63.8. The number of anilines is 1. The van der Waals surface area contributed by atoms with Crippen molar-refractivity contribution in [2.75, 3.05) is 11.1 Å². The number of halogens is 6. The van der Waals surface area contributed by atoms with Crippen molar-refractivity contribution in [1.29, 1.82) is 0 Å². The number of benzene rings is 2. The predicted molar refractivity (Wildman–Crippen MR) is 82.2 cm³/mol. The van der Waals surface area contributed by atoms with Gasteiger partial charge in [-0.15, -0.1) is 11.8 Å². The Labute approximate surface area is 143 Å². The minimum Gasteiger partial charge on any atom is -0.324 e. The highest BCUT2D eigenvalue weighted by atomic mass is 35.5. The van der Waals surface area contributed by atoms with Crippen LogP contribution in [0.5, 0.6) is 0 Å². The third kappa shape index (κ3) is 4.85. The van der Waals surface area contributed by atoms with Crippen LogP contribution in [0.1, 0.15) is 5.56 Å². The van der Waals surface area contributed by atoms with E-state index in [0.717, 1.165) is 42.1 Å². The van der Waals surface area contributed by atoms with Gasteiger partial charge >= 0.3 is 6.18 Å². The summed E-state index contributed by atoms with van der Waals surface area (Å²) in [4.78, 5) is 12.1. The van der Waals surface area contributed by atoms with Crippen LogP contribution in [0.3, 0.4) is 0 Å². The maximum Gasteiger partial charge on any atom is 0.416 e. The number of thioether (sulfide) groups is 1. The molecule has 2 aromatic rings. The molecule has 0 saturated carbocycles. The van der Waals surface area contributed by atoms with E-state index >= 15 is 0 Å². The molecule has 2 nitrogen and oxygen atoms in total. The summed E-state index contributed by atoms with van der Waals surface area (Å²) in [6.07, 6.45) is -4.57. The number of hydrogen-bond acceptors (Lipinski definition) is 2. The van der Waals surface area contributed by atoms with Gasteiger partial charge in [-0.3, -0.25) is 4.79 Å². The van der Waals surface area contributed by atoms with Crippen LogP contribution in [0.25, 0.3) is 0 Å². The second-order valence-electron chi connectivity index (χ2n) is 4.61. The fourth-order valence-corrected chi connectivity index (χ4v) is 2.58. The van der Waals surface area contributed by atoms with E-state index in [1.165, 1.54) is 6.07 Å². The zero-order valence-electron chi connectivity index (χ0n) is 11.8. The second kappa shape index (κ2) is 7.40. The molecule has 0 aliphatic heterocycles. The summed E-state index contributed by atoms with van der Waals surface area (Å²) in [6, 6.07) is 5.68. The van der Waals surface area contributed by atoms with E-state index in [2.05, 4.69) is 5.32 Å². The molecule has 0 aliphatic rings. The van der Waals surface area contributed by atoms with Crippen LogP contribution < -0.4 is 5.32 Å². The Balaban J connectivity index is 2.03. The Kier molecular flexibility index (Phi) is 5.71. The molecular formula is C15H9ClF5NOS. The molecular weight excluding hydrogens is 373 g/mol. The topological polar surface area (TPSA) is 29.1 Å². The van der Waals surface area contributed by atoms with E-state index in [0.29, 0.717) is 4.90 Å². The molecule has 0 unspecified atom stereocenters. The molecule has 1 N–H and O–H groups in total. The van der Waals surface area contributed by atoms with Crippen LogP contribution in [0.15, 0.2) is 41.3 Å². The number of rotatable bonds is 4. The number of carbonyl (C=O) groups excluding carboxylic acids is 1. The highest BCUT2D eigenvalue weighted by Gasteiger charge is 2.31. The first kappa shape index (κ1) is 18.5. The first-order valence-electron chi connectivity index (χ1n) is 6.41. The summed E-state index contributed by atoms with van der Waals surface area (Å²) in [5.41, 5.74) is -1.13. The molecule has 128 valence electrons. The van der Waals surface area contributed by atoms with Crippen molar-refractivity contribution in [2.24, 2.45) is 0 Å². The molecule has 0 radical (unpaired) electrons. The van der Waals surface area contributed by atoms with Gasteiger partial charge in [0.2, 0.25) is 5.91 Å². The molecule has 0 aliphatic carbocycles. The van der Waals surface area contributed by atoms with Crippen LogP contribution in [-0.4, -0.2) is 11.7 Å². The average molecular weight is 382 g/mol. The van der Waals surface area contributed by atoms with Crippen molar-refractivity contribution in [3.8, 4) is 0 Å². The minimum atomic E-state index is -4.57.